The Morgan fingerprint density at radius 1 is 1.36 bits per heavy atom. The quantitative estimate of drug-likeness (QED) is 0.368. The molecule has 0 fully saturated rings. The highest BCUT2D eigenvalue weighted by molar-refractivity contribution is 7.60. The zero-order valence-electron chi connectivity index (χ0n) is 6.69. The fourth-order valence-electron chi connectivity index (χ4n) is 0.839. The zero-order chi connectivity index (χ0) is 10.9. The number of benzene rings is 1. The molecule has 3 N–H and O–H groups in total. The molecular formula is C6H6NO6P. The molecule has 0 unspecified atom stereocenters. The van der Waals surface area contributed by atoms with Gasteiger partial charge in [0.2, 0.25) is 0 Å². The number of nitro groups is 1. The molecule has 0 bridgehead atoms. The smallest absolute Gasteiger partial charge is 0.356 e. The topological polar surface area (TPSA) is 121 Å². The normalized spacial score (nSPS) is 11.3. The van der Waals surface area contributed by atoms with Crippen LogP contribution in [0.3, 0.4) is 0 Å². The number of rotatable bonds is 2. The highest BCUT2D eigenvalue weighted by Gasteiger charge is 2.22. The largest absolute Gasteiger partial charge is 0.502 e. The summed E-state index contributed by atoms with van der Waals surface area (Å²) >= 11 is 0. The van der Waals surface area contributed by atoms with Gasteiger partial charge in [0, 0.05) is 6.07 Å². The average molecular weight is 219 g/mol. The van der Waals surface area contributed by atoms with Crippen LogP contribution in [0.1, 0.15) is 0 Å². The standard InChI is InChI=1S/C6H6NO6P/c8-6-2-1-4(14(11,12)13)3-5(6)7(9)10/h1-3,8H,(H2,11,12,13). The monoisotopic (exact) mass is 219 g/mol. The first-order chi connectivity index (χ1) is 6.32. The van der Waals surface area contributed by atoms with Gasteiger partial charge in [0.1, 0.15) is 0 Å². The molecular weight excluding hydrogens is 213 g/mol. The SMILES string of the molecule is O=[N+]([O-])c1cc(P(=O)(O)O)ccc1O. The Kier molecular flexibility index (Phi) is 2.57. The van der Waals surface area contributed by atoms with Gasteiger partial charge in [-0.3, -0.25) is 14.7 Å². The number of nitrogens with zero attached hydrogens (tertiary/aromatic N) is 1. The van der Waals surface area contributed by atoms with E-state index in [2.05, 4.69) is 0 Å². The average Bonchev–Trinajstić information content (AvgIpc) is 2.02. The number of hydrogen-bond acceptors (Lipinski definition) is 4. The second-order valence-electron chi connectivity index (χ2n) is 2.47. The van der Waals surface area contributed by atoms with Crippen LogP contribution in [0, 0.1) is 10.1 Å². The van der Waals surface area contributed by atoms with Crippen molar-refractivity contribution in [3.8, 4) is 5.75 Å². The van der Waals surface area contributed by atoms with Crippen molar-refractivity contribution in [3.63, 3.8) is 0 Å². The van der Waals surface area contributed by atoms with Crippen molar-refractivity contribution in [2.45, 2.75) is 0 Å². The minimum absolute atomic E-state index is 0.498. The summed E-state index contributed by atoms with van der Waals surface area (Å²) < 4.78 is 10.7. The molecule has 0 amide bonds. The molecule has 0 atom stereocenters. The molecule has 0 aliphatic rings. The zero-order valence-corrected chi connectivity index (χ0v) is 7.59. The Morgan fingerprint density at radius 3 is 2.36 bits per heavy atom. The van der Waals surface area contributed by atoms with E-state index in [1.165, 1.54) is 0 Å². The van der Waals surface area contributed by atoms with E-state index in [-0.39, 0.29) is 0 Å². The van der Waals surface area contributed by atoms with Gasteiger partial charge in [0.25, 0.3) is 0 Å². The lowest BCUT2D eigenvalue weighted by Gasteiger charge is -2.03. The van der Waals surface area contributed by atoms with Crippen molar-refractivity contribution >= 4 is 18.6 Å². The first-order valence-electron chi connectivity index (χ1n) is 3.36. The molecule has 14 heavy (non-hydrogen) atoms. The summed E-state index contributed by atoms with van der Waals surface area (Å²) in [6.07, 6.45) is 0. The van der Waals surface area contributed by atoms with E-state index < -0.39 is 29.3 Å². The molecule has 0 aliphatic heterocycles. The van der Waals surface area contributed by atoms with Crippen LogP contribution in [-0.4, -0.2) is 19.8 Å². The molecule has 7 nitrogen and oxygen atoms in total. The summed E-state index contributed by atoms with van der Waals surface area (Å²) in [6.45, 7) is 0. The van der Waals surface area contributed by atoms with Gasteiger partial charge in [0.15, 0.2) is 5.75 Å². The fraction of sp³-hybridized carbons (Fsp3) is 0. The molecule has 0 spiro atoms. The Labute approximate surface area is 77.9 Å². The molecule has 0 aromatic heterocycles. The van der Waals surface area contributed by atoms with Crippen molar-refractivity contribution < 1.29 is 24.4 Å². The molecule has 76 valence electrons. The van der Waals surface area contributed by atoms with Crippen molar-refractivity contribution in [3.05, 3.63) is 28.3 Å². The predicted octanol–water partition coefficient (Wildman–Crippen LogP) is 0.103. The van der Waals surface area contributed by atoms with E-state index >= 15 is 0 Å². The third kappa shape index (κ3) is 2.08. The van der Waals surface area contributed by atoms with Crippen molar-refractivity contribution in [2.24, 2.45) is 0 Å². The van der Waals surface area contributed by atoms with Gasteiger partial charge >= 0.3 is 13.3 Å². The summed E-state index contributed by atoms with van der Waals surface area (Å²) in [5, 5.41) is 18.8. The molecule has 1 aromatic carbocycles. The van der Waals surface area contributed by atoms with E-state index in [1.807, 2.05) is 0 Å². The second kappa shape index (κ2) is 3.38. The maximum Gasteiger partial charge on any atom is 0.356 e. The lowest BCUT2D eigenvalue weighted by molar-refractivity contribution is -0.385. The number of phenols is 1. The molecule has 1 rings (SSSR count). The number of aromatic hydroxyl groups is 1. The fourth-order valence-corrected chi connectivity index (χ4v) is 1.40. The predicted molar refractivity (Wildman–Crippen MR) is 46.4 cm³/mol. The summed E-state index contributed by atoms with van der Waals surface area (Å²) in [7, 11) is -4.52. The van der Waals surface area contributed by atoms with Crippen LogP contribution in [0.25, 0.3) is 0 Å². The Bertz CT molecular complexity index is 424. The van der Waals surface area contributed by atoms with Crippen LogP contribution in [-0.2, 0) is 4.57 Å². The maximum absolute atomic E-state index is 10.7. The lowest BCUT2D eigenvalue weighted by atomic mass is 10.3. The van der Waals surface area contributed by atoms with Gasteiger partial charge in [-0.1, -0.05) is 0 Å². The van der Waals surface area contributed by atoms with E-state index in [0.717, 1.165) is 12.1 Å². The molecule has 0 saturated heterocycles. The van der Waals surface area contributed by atoms with Gasteiger partial charge in [-0.15, -0.1) is 0 Å². The minimum Gasteiger partial charge on any atom is -0.502 e. The van der Waals surface area contributed by atoms with Gasteiger partial charge in [-0.05, 0) is 12.1 Å². The summed E-state index contributed by atoms with van der Waals surface area (Å²) in [4.78, 5) is 26.8. The van der Waals surface area contributed by atoms with Crippen LogP contribution >= 0.6 is 7.60 Å². The number of nitro benzene ring substituents is 1. The lowest BCUT2D eigenvalue weighted by Crippen LogP contribution is -2.04. The number of hydrogen-bond donors (Lipinski definition) is 3. The van der Waals surface area contributed by atoms with Gasteiger partial charge in [-0.2, -0.15) is 0 Å². The van der Waals surface area contributed by atoms with Crippen molar-refractivity contribution in [1.29, 1.82) is 0 Å². The van der Waals surface area contributed by atoms with E-state index in [9.17, 15) is 14.7 Å². The molecule has 0 saturated carbocycles. The Morgan fingerprint density at radius 2 is 1.93 bits per heavy atom. The first-order valence-corrected chi connectivity index (χ1v) is 4.97. The van der Waals surface area contributed by atoms with Gasteiger partial charge in [0.05, 0.1) is 10.2 Å². The maximum atomic E-state index is 10.7. The van der Waals surface area contributed by atoms with Crippen molar-refractivity contribution in [1.82, 2.24) is 0 Å². The van der Waals surface area contributed by atoms with Crippen LogP contribution in [0.2, 0.25) is 0 Å². The van der Waals surface area contributed by atoms with E-state index in [0.29, 0.717) is 6.07 Å². The van der Waals surface area contributed by atoms with Crippen LogP contribution < -0.4 is 5.30 Å². The van der Waals surface area contributed by atoms with Crippen LogP contribution in [0.5, 0.6) is 5.75 Å². The summed E-state index contributed by atoms with van der Waals surface area (Å²) in [5.41, 5.74) is -0.731. The minimum atomic E-state index is -4.52. The molecule has 1 aromatic rings. The Hall–Kier alpha value is -1.43. The van der Waals surface area contributed by atoms with E-state index in [4.69, 9.17) is 14.9 Å². The highest BCUT2D eigenvalue weighted by Crippen LogP contribution is 2.36. The third-order valence-electron chi connectivity index (χ3n) is 1.49. The molecule has 8 heteroatoms. The first kappa shape index (κ1) is 10.6. The molecule has 0 aliphatic carbocycles. The molecule has 0 radical (unpaired) electrons. The van der Waals surface area contributed by atoms with Crippen LogP contribution in [0.15, 0.2) is 18.2 Å². The third-order valence-corrected chi connectivity index (χ3v) is 2.44. The highest BCUT2D eigenvalue weighted by atomic mass is 31.2. The Balaban J connectivity index is 3.34. The van der Waals surface area contributed by atoms with Gasteiger partial charge < -0.3 is 14.9 Å². The van der Waals surface area contributed by atoms with E-state index in [1.54, 1.807) is 0 Å². The number of phenolic OH excluding ortho intramolecular Hbond substituents is 1. The summed E-state index contributed by atoms with van der Waals surface area (Å²) in [5.74, 6) is -0.632. The van der Waals surface area contributed by atoms with Gasteiger partial charge in [-0.25, -0.2) is 0 Å². The van der Waals surface area contributed by atoms with Crippen molar-refractivity contribution in [2.75, 3.05) is 0 Å². The van der Waals surface area contributed by atoms with Crippen LogP contribution in [0.4, 0.5) is 5.69 Å². The molecule has 0 heterocycles. The summed E-state index contributed by atoms with van der Waals surface area (Å²) in [6, 6.07) is 2.45. The second-order valence-corrected chi connectivity index (χ2v) is 4.08.